The summed E-state index contributed by atoms with van der Waals surface area (Å²) in [5, 5.41) is 9.61. The molecule has 4 heteroatoms. The van der Waals surface area contributed by atoms with Gasteiger partial charge in [-0.3, -0.25) is 4.79 Å². The first-order chi connectivity index (χ1) is 7.50. The van der Waals surface area contributed by atoms with Crippen molar-refractivity contribution in [2.75, 3.05) is 0 Å². The van der Waals surface area contributed by atoms with E-state index in [1.807, 2.05) is 18.2 Å². The second kappa shape index (κ2) is 4.38. The van der Waals surface area contributed by atoms with Crippen molar-refractivity contribution in [3.63, 3.8) is 0 Å². The molecule has 0 bridgehead atoms. The van der Waals surface area contributed by atoms with Gasteiger partial charge in [0.25, 0.3) is 0 Å². The van der Waals surface area contributed by atoms with Crippen LogP contribution in [0.4, 0.5) is 0 Å². The van der Waals surface area contributed by atoms with Crippen molar-refractivity contribution >= 4 is 33.5 Å². The molecular weight excluding hydrogens is 291 g/mol. The van der Waals surface area contributed by atoms with Crippen molar-refractivity contribution in [1.82, 2.24) is 0 Å². The summed E-state index contributed by atoms with van der Waals surface area (Å²) in [5.74, 6) is -0.328. The van der Waals surface area contributed by atoms with E-state index in [4.69, 9.17) is 16.7 Å². The minimum Gasteiger partial charge on any atom is -0.481 e. The molecule has 0 spiro atoms. The van der Waals surface area contributed by atoms with Gasteiger partial charge in [-0.15, -0.1) is 0 Å². The van der Waals surface area contributed by atoms with Gasteiger partial charge in [-0.05, 0) is 51.9 Å². The van der Waals surface area contributed by atoms with Gasteiger partial charge >= 0.3 is 5.97 Å². The second-order valence-corrected chi connectivity index (χ2v) is 5.57. The fraction of sp³-hybridized carbons (Fsp3) is 0.417. The fourth-order valence-corrected chi connectivity index (χ4v) is 2.59. The molecule has 0 saturated heterocycles. The first kappa shape index (κ1) is 11.9. The van der Waals surface area contributed by atoms with E-state index in [2.05, 4.69) is 15.9 Å². The predicted octanol–water partition coefficient (Wildman–Crippen LogP) is 3.93. The van der Waals surface area contributed by atoms with Gasteiger partial charge in [-0.2, -0.15) is 0 Å². The van der Waals surface area contributed by atoms with Crippen molar-refractivity contribution in [1.29, 1.82) is 0 Å². The highest BCUT2D eigenvalue weighted by Gasteiger charge is 2.44. The summed E-state index contributed by atoms with van der Waals surface area (Å²) in [6, 6.07) is 5.82. The number of halogens is 2. The minimum atomic E-state index is -0.708. The summed E-state index contributed by atoms with van der Waals surface area (Å²) in [4.78, 5) is 10.8. The Bertz CT molecular complexity index is 433. The van der Waals surface area contributed by atoms with E-state index in [0.717, 1.165) is 10.9 Å². The average molecular weight is 304 g/mol. The number of aliphatic carboxylic acids is 1. The van der Waals surface area contributed by atoms with E-state index in [-0.39, 0.29) is 11.8 Å². The first-order valence-corrected chi connectivity index (χ1v) is 6.35. The quantitative estimate of drug-likeness (QED) is 0.918. The third-order valence-corrected chi connectivity index (χ3v) is 4.46. The lowest BCUT2D eigenvalue weighted by atomic mass is 10.0. The van der Waals surface area contributed by atoms with Crippen LogP contribution in [0, 0.1) is 11.8 Å². The monoisotopic (exact) mass is 302 g/mol. The summed E-state index contributed by atoms with van der Waals surface area (Å²) in [6.07, 6.45) is 0.960. The van der Waals surface area contributed by atoms with E-state index >= 15 is 0 Å². The van der Waals surface area contributed by atoms with Gasteiger partial charge in [-0.25, -0.2) is 0 Å². The number of carboxylic acids is 1. The zero-order valence-corrected chi connectivity index (χ0v) is 11.1. The Morgan fingerprint density at radius 3 is 2.88 bits per heavy atom. The first-order valence-electron chi connectivity index (χ1n) is 5.18. The lowest BCUT2D eigenvalue weighted by Gasteiger charge is -2.06. The number of carboxylic acid groups (broad SMARTS) is 1. The lowest BCUT2D eigenvalue weighted by Crippen LogP contribution is -2.12. The van der Waals surface area contributed by atoms with Crippen LogP contribution in [0.1, 0.15) is 24.8 Å². The Balaban J connectivity index is 2.11. The minimum absolute atomic E-state index is 0.264. The second-order valence-electron chi connectivity index (χ2n) is 4.31. The molecule has 0 radical (unpaired) electrons. The Kier molecular flexibility index (Phi) is 3.27. The number of rotatable bonds is 3. The van der Waals surface area contributed by atoms with Crippen molar-refractivity contribution in [3.8, 4) is 0 Å². The SMILES string of the molecule is CC(C(=O)O)C1CC1c1ccc(Cl)c(Br)c1. The molecule has 1 aromatic rings. The molecule has 0 amide bonds. The molecule has 0 aromatic heterocycles. The van der Waals surface area contributed by atoms with Gasteiger partial charge in [0.05, 0.1) is 10.9 Å². The molecule has 0 aliphatic heterocycles. The average Bonchev–Trinajstić information content (AvgIpc) is 3.00. The summed E-state index contributed by atoms with van der Waals surface area (Å²) >= 11 is 9.29. The van der Waals surface area contributed by atoms with E-state index in [1.54, 1.807) is 6.92 Å². The smallest absolute Gasteiger partial charge is 0.306 e. The van der Waals surface area contributed by atoms with E-state index in [1.165, 1.54) is 5.56 Å². The van der Waals surface area contributed by atoms with Gasteiger partial charge in [-0.1, -0.05) is 24.6 Å². The van der Waals surface area contributed by atoms with Crippen LogP contribution in [0.15, 0.2) is 22.7 Å². The highest BCUT2D eigenvalue weighted by atomic mass is 79.9. The number of carbonyl (C=O) groups is 1. The van der Waals surface area contributed by atoms with Gasteiger partial charge in [0.1, 0.15) is 0 Å². The molecule has 2 rings (SSSR count). The van der Waals surface area contributed by atoms with Crippen molar-refractivity contribution < 1.29 is 9.90 Å². The molecule has 16 heavy (non-hydrogen) atoms. The Labute approximate surface area is 108 Å². The lowest BCUT2D eigenvalue weighted by molar-refractivity contribution is -0.141. The van der Waals surface area contributed by atoms with Gasteiger partial charge in [0, 0.05) is 4.47 Å². The Morgan fingerprint density at radius 1 is 1.62 bits per heavy atom. The highest BCUT2D eigenvalue weighted by Crippen LogP contribution is 2.52. The van der Waals surface area contributed by atoms with Crippen LogP contribution >= 0.6 is 27.5 Å². The van der Waals surface area contributed by atoms with Gasteiger partial charge < -0.3 is 5.11 Å². The fourth-order valence-electron chi connectivity index (χ4n) is 2.08. The summed E-state index contributed by atoms with van der Waals surface area (Å²) in [5.41, 5.74) is 1.18. The number of benzene rings is 1. The predicted molar refractivity (Wildman–Crippen MR) is 66.8 cm³/mol. The highest BCUT2D eigenvalue weighted by molar-refractivity contribution is 9.10. The van der Waals surface area contributed by atoms with Gasteiger partial charge in [0.2, 0.25) is 0 Å². The molecule has 3 atom stereocenters. The van der Waals surface area contributed by atoms with Crippen molar-refractivity contribution in [3.05, 3.63) is 33.3 Å². The molecule has 1 fully saturated rings. The zero-order valence-electron chi connectivity index (χ0n) is 8.78. The van der Waals surface area contributed by atoms with Gasteiger partial charge in [0.15, 0.2) is 0 Å². The molecule has 1 aromatic carbocycles. The topological polar surface area (TPSA) is 37.3 Å². The van der Waals surface area contributed by atoms with E-state index in [9.17, 15) is 4.79 Å². The number of hydrogen-bond donors (Lipinski definition) is 1. The molecule has 1 aliphatic rings. The maximum absolute atomic E-state index is 10.8. The third-order valence-electron chi connectivity index (χ3n) is 3.24. The van der Waals surface area contributed by atoms with Crippen LogP contribution in [0.3, 0.4) is 0 Å². The molecule has 2 nitrogen and oxygen atoms in total. The molecule has 1 aliphatic carbocycles. The maximum Gasteiger partial charge on any atom is 0.306 e. The third kappa shape index (κ3) is 2.25. The molecule has 3 unspecified atom stereocenters. The molecule has 1 N–H and O–H groups in total. The summed E-state index contributed by atoms with van der Waals surface area (Å²) < 4.78 is 0.875. The standard InChI is InChI=1S/C12H12BrClO2/c1-6(12(15)16)8-5-9(8)7-2-3-11(14)10(13)4-7/h2-4,6,8-9H,5H2,1H3,(H,15,16). The molecule has 0 heterocycles. The molecule has 86 valence electrons. The number of hydrogen-bond acceptors (Lipinski definition) is 1. The summed E-state index contributed by atoms with van der Waals surface area (Å²) in [6.45, 7) is 1.78. The largest absolute Gasteiger partial charge is 0.481 e. The van der Waals surface area contributed by atoms with Crippen LogP contribution in [0.25, 0.3) is 0 Å². The molecular formula is C12H12BrClO2. The summed E-state index contributed by atoms with van der Waals surface area (Å²) in [7, 11) is 0. The van der Waals surface area contributed by atoms with E-state index in [0.29, 0.717) is 10.9 Å². The van der Waals surface area contributed by atoms with Crippen LogP contribution in [-0.2, 0) is 4.79 Å². The normalized spacial score (nSPS) is 25.2. The van der Waals surface area contributed by atoms with Crippen LogP contribution in [0.2, 0.25) is 5.02 Å². The van der Waals surface area contributed by atoms with E-state index < -0.39 is 5.97 Å². The Morgan fingerprint density at radius 2 is 2.31 bits per heavy atom. The van der Waals surface area contributed by atoms with Crippen molar-refractivity contribution in [2.45, 2.75) is 19.3 Å². The van der Waals surface area contributed by atoms with Crippen LogP contribution in [-0.4, -0.2) is 11.1 Å². The zero-order chi connectivity index (χ0) is 11.9. The maximum atomic E-state index is 10.8. The van der Waals surface area contributed by atoms with Crippen LogP contribution in [0.5, 0.6) is 0 Å². The molecule has 1 saturated carbocycles. The van der Waals surface area contributed by atoms with Crippen LogP contribution < -0.4 is 0 Å². The van der Waals surface area contributed by atoms with Crippen molar-refractivity contribution in [2.24, 2.45) is 11.8 Å². The Hall–Kier alpha value is -0.540.